The van der Waals surface area contributed by atoms with E-state index in [4.69, 9.17) is 4.74 Å². The molecule has 9 nitrogen and oxygen atoms in total. The zero-order valence-electron chi connectivity index (χ0n) is 26.7. The van der Waals surface area contributed by atoms with Crippen LogP contribution < -0.4 is 16.0 Å². The molecule has 5 fully saturated rings. The van der Waals surface area contributed by atoms with Crippen molar-refractivity contribution in [2.45, 2.75) is 110 Å². The molecule has 1 aromatic rings. The molecule has 1 aromatic carbocycles. The zero-order valence-corrected chi connectivity index (χ0v) is 26.7. The normalized spacial score (nSPS) is 27.7. The number of alkyl carbamates (subject to hydrolysis) is 1. The Morgan fingerprint density at radius 1 is 0.955 bits per heavy atom. The highest BCUT2D eigenvalue weighted by molar-refractivity contribution is 5.92. The van der Waals surface area contributed by atoms with Gasteiger partial charge in [-0.25, -0.2) is 4.79 Å². The van der Waals surface area contributed by atoms with E-state index in [1.54, 1.807) is 4.90 Å². The summed E-state index contributed by atoms with van der Waals surface area (Å²) in [5.41, 5.74) is 1.01. The number of carbonyl (C=O) groups excluding carboxylic acids is 4. The summed E-state index contributed by atoms with van der Waals surface area (Å²) in [5.74, 6) is 2.29. The van der Waals surface area contributed by atoms with Crippen LogP contribution in [0.15, 0.2) is 30.3 Å². The third-order valence-corrected chi connectivity index (χ3v) is 10.3. The molecule has 0 radical (unpaired) electrons. The lowest BCUT2D eigenvalue weighted by molar-refractivity contribution is -0.142. The van der Waals surface area contributed by atoms with Crippen LogP contribution in [0.1, 0.15) is 96.5 Å². The molecule has 0 spiro atoms. The summed E-state index contributed by atoms with van der Waals surface area (Å²) < 4.78 is 5.29. The Bertz CT molecular complexity index is 1120. The Morgan fingerprint density at radius 2 is 1.64 bits per heavy atom. The first-order valence-electron chi connectivity index (χ1n) is 17.0. The van der Waals surface area contributed by atoms with Gasteiger partial charge in [-0.15, -0.1) is 0 Å². The van der Waals surface area contributed by atoms with Gasteiger partial charge in [0.1, 0.15) is 18.7 Å². The first kappa shape index (κ1) is 32.3. The summed E-state index contributed by atoms with van der Waals surface area (Å²) in [6.07, 6.45) is 10.6. The van der Waals surface area contributed by atoms with Crippen molar-refractivity contribution in [1.82, 2.24) is 20.9 Å². The van der Waals surface area contributed by atoms with Crippen molar-refractivity contribution < 1.29 is 23.9 Å². The molecule has 4 bridgehead atoms. The van der Waals surface area contributed by atoms with E-state index in [2.05, 4.69) is 16.0 Å². The quantitative estimate of drug-likeness (QED) is 0.259. The Kier molecular flexibility index (Phi) is 10.9. The van der Waals surface area contributed by atoms with E-state index >= 15 is 0 Å². The van der Waals surface area contributed by atoms with Crippen LogP contribution in [-0.4, -0.2) is 60.4 Å². The number of hydrogen-bond donors (Lipinski definition) is 3. The van der Waals surface area contributed by atoms with Crippen molar-refractivity contribution in [3.8, 4) is 0 Å². The molecule has 1 heterocycles. The second-order valence-corrected chi connectivity index (χ2v) is 14.5. The number of ether oxygens (including phenoxy) is 1. The Morgan fingerprint density at radius 3 is 2.30 bits per heavy atom. The Labute approximate surface area is 262 Å². The first-order chi connectivity index (χ1) is 21.2. The molecule has 0 unspecified atom stereocenters. The number of carbonyl (C=O) groups is 4. The molecule has 6 rings (SSSR count). The molecular formula is C35H52N4O5. The molecule has 4 saturated carbocycles. The lowest BCUT2D eigenvalue weighted by Gasteiger charge is -2.56. The van der Waals surface area contributed by atoms with Crippen LogP contribution in [0.5, 0.6) is 0 Å². The van der Waals surface area contributed by atoms with E-state index in [0.717, 1.165) is 49.0 Å². The predicted octanol–water partition coefficient (Wildman–Crippen LogP) is 4.94. The molecule has 1 saturated heterocycles. The van der Waals surface area contributed by atoms with Crippen LogP contribution in [0.3, 0.4) is 0 Å². The molecule has 1 aliphatic heterocycles. The van der Waals surface area contributed by atoms with Gasteiger partial charge in [0, 0.05) is 26.1 Å². The van der Waals surface area contributed by atoms with E-state index < -0.39 is 18.2 Å². The van der Waals surface area contributed by atoms with Crippen molar-refractivity contribution in [1.29, 1.82) is 0 Å². The number of nitrogens with one attached hydrogen (secondary N) is 3. The van der Waals surface area contributed by atoms with Crippen molar-refractivity contribution in [2.24, 2.45) is 29.1 Å². The molecule has 3 N–H and O–H groups in total. The number of amides is 4. The standard InChI is InChI=1S/C35H52N4O5/c1-24(2)22-37-32(41)30-12-8-14-39(30)33(42)29(11-6-7-13-36-34(43)44-23-25-9-4-3-5-10-25)38-31(40)21-35-18-26-15-27(19-35)17-28(16-26)20-35/h3-5,9-10,24,26-30H,6-8,11-23H2,1-2H3,(H,36,43)(H,37,41)(H,38,40)/t26?,27?,28?,29-,30-,35?/m0/s1. The number of hydrogen-bond acceptors (Lipinski definition) is 5. The lowest BCUT2D eigenvalue weighted by atomic mass is 9.49. The highest BCUT2D eigenvalue weighted by Crippen LogP contribution is 2.61. The summed E-state index contributed by atoms with van der Waals surface area (Å²) in [5, 5.41) is 8.92. The van der Waals surface area contributed by atoms with Gasteiger partial charge in [-0.1, -0.05) is 44.2 Å². The maximum atomic E-state index is 13.9. The predicted molar refractivity (Wildman–Crippen MR) is 168 cm³/mol. The largest absolute Gasteiger partial charge is 0.445 e. The van der Waals surface area contributed by atoms with Crippen LogP contribution in [0.2, 0.25) is 0 Å². The molecule has 242 valence electrons. The highest BCUT2D eigenvalue weighted by Gasteiger charge is 2.51. The number of nitrogens with zero attached hydrogens (tertiary/aromatic N) is 1. The smallest absolute Gasteiger partial charge is 0.407 e. The van der Waals surface area contributed by atoms with Crippen molar-refractivity contribution in [3.63, 3.8) is 0 Å². The van der Waals surface area contributed by atoms with Gasteiger partial charge in [0.2, 0.25) is 17.7 Å². The maximum absolute atomic E-state index is 13.9. The molecule has 5 aliphatic rings. The number of unbranched alkanes of at least 4 members (excludes halogenated alkanes) is 1. The van der Waals surface area contributed by atoms with Gasteiger partial charge in [-0.2, -0.15) is 0 Å². The lowest BCUT2D eigenvalue weighted by Crippen LogP contribution is -2.54. The highest BCUT2D eigenvalue weighted by atomic mass is 16.5. The van der Waals surface area contributed by atoms with Gasteiger partial charge in [0.25, 0.3) is 0 Å². The van der Waals surface area contributed by atoms with Crippen LogP contribution in [0, 0.1) is 29.1 Å². The van der Waals surface area contributed by atoms with E-state index in [1.807, 2.05) is 44.2 Å². The second-order valence-electron chi connectivity index (χ2n) is 14.5. The summed E-state index contributed by atoms with van der Waals surface area (Å²) >= 11 is 0. The second kappa shape index (κ2) is 14.8. The average molecular weight is 609 g/mol. The minimum atomic E-state index is -0.681. The topological polar surface area (TPSA) is 117 Å². The fourth-order valence-corrected chi connectivity index (χ4v) is 8.71. The summed E-state index contributed by atoms with van der Waals surface area (Å²) in [6, 6.07) is 8.35. The van der Waals surface area contributed by atoms with Crippen molar-refractivity contribution in [2.75, 3.05) is 19.6 Å². The summed E-state index contributed by atoms with van der Waals surface area (Å²) in [7, 11) is 0. The minimum Gasteiger partial charge on any atom is -0.445 e. The van der Waals surface area contributed by atoms with Crippen LogP contribution in [-0.2, 0) is 25.7 Å². The van der Waals surface area contributed by atoms with E-state index in [9.17, 15) is 19.2 Å². The molecular weight excluding hydrogens is 556 g/mol. The van der Waals surface area contributed by atoms with Crippen LogP contribution in [0.25, 0.3) is 0 Å². The third-order valence-electron chi connectivity index (χ3n) is 10.3. The number of rotatable bonds is 14. The van der Waals surface area contributed by atoms with Crippen molar-refractivity contribution in [3.05, 3.63) is 35.9 Å². The van der Waals surface area contributed by atoms with Gasteiger partial charge in [0.05, 0.1) is 0 Å². The van der Waals surface area contributed by atoms with Crippen LogP contribution >= 0.6 is 0 Å². The van der Waals surface area contributed by atoms with Gasteiger partial charge in [-0.3, -0.25) is 14.4 Å². The Balaban J connectivity index is 1.15. The number of benzene rings is 1. The van der Waals surface area contributed by atoms with Gasteiger partial charge in [0.15, 0.2) is 0 Å². The van der Waals surface area contributed by atoms with Gasteiger partial charge >= 0.3 is 6.09 Å². The molecule has 4 amide bonds. The fraction of sp³-hybridized carbons (Fsp3) is 0.714. The van der Waals surface area contributed by atoms with Gasteiger partial charge in [-0.05, 0) is 105 Å². The fourth-order valence-electron chi connectivity index (χ4n) is 8.71. The monoisotopic (exact) mass is 608 g/mol. The van der Waals surface area contributed by atoms with E-state index in [-0.39, 0.29) is 29.7 Å². The molecule has 9 heteroatoms. The number of likely N-dealkylation sites (tertiary alicyclic amines) is 1. The summed E-state index contributed by atoms with van der Waals surface area (Å²) in [6.45, 7) is 5.81. The molecule has 2 atom stereocenters. The van der Waals surface area contributed by atoms with Gasteiger partial charge < -0.3 is 25.6 Å². The van der Waals surface area contributed by atoms with E-state index in [0.29, 0.717) is 57.7 Å². The SMILES string of the molecule is CC(C)CNC(=O)[C@@H]1CCCN1C(=O)[C@H](CCCCNC(=O)OCc1ccccc1)NC(=O)CC12CC3CC(CC(C3)C1)C2. The average Bonchev–Trinajstić information content (AvgIpc) is 3.47. The Hall–Kier alpha value is -3.10. The van der Waals surface area contributed by atoms with E-state index in [1.165, 1.54) is 19.3 Å². The third kappa shape index (κ3) is 8.54. The van der Waals surface area contributed by atoms with Crippen LogP contribution in [0.4, 0.5) is 4.79 Å². The summed E-state index contributed by atoms with van der Waals surface area (Å²) in [4.78, 5) is 54.3. The first-order valence-corrected chi connectivity index (χ1v) is 17.0. The molecule has 44 heavy (non-hydrogen) atoms. The zero-order chi connectivity index (χ0) is 31.1. The molecule has 0 aromatic heterocycles. The maximum Gasteiger partial charge on any atom is 0.407 e. The van der Waals surface area contributed by atoms with Crippen molar-refractivity contribution >= 4 is 23.8 Å². The molecule has 4 aliphatic carbocycles. The minimum absolute atomic E-state index is 0.0343.